The molecule has 0 aliphatic carbocycles. The topological polar surface area (TPSA) is 59.3 Å². The Labute approximate surface area is 101 Å². The summed E-state index contributed by atoms with van der Waals surface area (Å²) in [6, 6.07) is 3.69. The number of esters is 1. The minimum Gasteiger partial charge on any atom is -0.465 e. The number of aryl methyl sites for hydroxylation is 1. The predicted molar refractivity (Wildman–Crippen MR) is 53.9 cm³/mol. The summed E-state index contributed by atoms with van der Waals surface area (Å²) < 4.78 is 44.6. The number of ether oxygens (including phenoxy) is 2. The van der Waals surface area contributed by atoms with E-state index in [1.807, 2.05) is 0 Å². The summed E-state index contributed by atoms with van der Waals surface area (Å²) in [6.45, 7) is 1.30. The minimum absolute atomic E-state index is 0.0129. The second kappa shape index (κ2) is 4.96. The summed E-state index contributed by atoms with van der Waals surface area (Å²) in [5, 5.41) is 8.77. The number of rotatable bonds is 2. The third kappa shape index (κ3) is 3.13. The molecule has 0 amide bonds. The molecule has 0 saturated carbocycles. The fourth-order valence-electron chi connectivity index (χ4n) is 1.34. The van der Waals surface area contributed by atoms with E-state index >= 15 is 0 Å². The number of carbonyl (C=O) groups excluding carboxylic acids is 1. The van der Waals surface area contributed by atoms with Gasteiger partial charge in [0.2, 0.25) is 0 Å². The van der Waals surface area contributed by atoms with Gasteiger partial charge in [0.1, 0.15) is 11.8 Å². The standard InChI is InChI=1S/C11H8F3NO3/c1-6-3-7(10(16)17-2)4-8(5-15)9(6)18-11(12,13)14/h3-4H,1-2H3. The van der Waals surface area contributed by atoms with Gasteiger partial charge in [-0.25, -0.2) is 4.79 Å². The molecule has 0 N–H and O–H groups in total. The van der Waals surface area contributed by atoms with Gasteiger partial charge in [0.15, 0.2) is 0 Å². The predicted octanol–water partition coefficient (Wildman–Crippen LogP) is 2.55. The van der Waals surface area contributed by atoms with Crippen LogP contribution in [0, 0.1) is 18.3 Å². The number of alkyl halides is 3. The van der Waals surface area contributed by atoms with E-state index in [0.717, 1.165) is 19.2 Å². The van der Waals surface area contributed by atoms with E-state index < -0.39 is 18.1 Å². The first kappa shape index (κ1) is 13.8. The van der Waals surface area contributed by atoms with Crippen LogP contribution in [0.5, 0.6) is 5.75 Å². The highest BCUT2D eigenvalue weighted by molar-refractivity contribution is 5.90. The summed E-state index contributed by atoms with van der Waals surface area (Å²) in [5.74, 6) is -1.36. The molecule has 0 unspecified atom stereocenters. The minimum atomic E-state index is -4.90. The summed E-state index contributed by atoms with van der Waals surface area (Å²) >= 11 is 0. The van der Waals surface area contributed by atoms with E-state index in [1.54, 1.807) is 6.07 Å². The Hall–Kier alpha value is -2.23. The smallest absolute Gasteiger partial charge is 0.465 e. The molecule has 0 heterocycles. The molecular weight excluding hydrogens is 251 g/mol. The van der Waals surface area contributed by atoms with Crippen molar-refractivity contribution in [1.82, 2.24) is 0 Å². The van der Waals surface area contributed by atoms with Gasteiger partial charge in [-0.3, -0.25) is 0 Å². The van der Waals surface area contributed by atoms with Gasteiger partial charge in [-0.2, -0.15) is 5.26 Å². The van der Waals surface area contributed by atoms with E-state index in [0.29, 0.717) is 0 Å². The molecule has 0 fully saturated rings. The van der Waals surface area contributed by atoms with Crippen LogP contribution in [0.25, 0.3) is 0 Å². The Bertz CT molecular complexity index is 517. The highest BCUT2D eigenvalue weighted by Crippen LogP contribution is 2.30. The zero-order valence-corrected chi connectivity index (χ0v) is 9.46. The van der Waals surface area contributed by atoms with Crippen LogP contribution in [0.1, 0.15) is 21.5 Å². The van der Waals surface area contributed by atoms with Crippen LogP contribution >= 0.6 is 0 Å². The van der Waals surface area contributed by atoms with Gasteiger partial charge in [-0.05, 0) is 24.6 Å². The first-order chi connectivity index (χ1) is 8.28. The van der Waals surface area contributed by atoms with Gasteiger partial charge in [0, 0.05) is 0 Å². The van der Waals surface area contributed by atoms with Crippen LogP contribution in [0.4, 0.5) is 13.2 Å². The molecule has 0 aromatic heterocycles. The summed E-state index contributed by atoms with van der Waals surface area (Å²) in [6.07, 6.45) is -4.90. The Morgan fingerprint density at radius 2 is 2.00 bits per heavy atom. The first-order valence-corrected chi connectivity index (χ1v) is 4.67. The molecular formula is C11H8F3NO3. The van der Waals surface area contributed by atoms with E-state index in [2.05, 4.69) is 9.47 Å². The van der Waals surface area contributed by atoms with Crippen molar-refractivity contribution in [2.24, 2.45) is 0 Å². The third-order valence-corrected chi connectivity index (χ3v) is 2.03. The van der Waals surface area contributed by atoms with Gasteiger partial charge in [0.05, 0.1) is 18.2 Å². The number of benzene rings is 1. The van der Waals surface area contributed by atoms with Crippen molar-refractivity contribution in [1.29, 1.82) is 5.26 Å². The van der Waals surface area contributed by atoms with Crippen molar-refractivity contribution in [2.45, 2.75) is 13.3 Å². The Morgan fingerprint density at radius 1 is 1.39 bits per heavy atom. The monoisotopic (exact) mass is 259 g/mol. The summed E-state index contributed by atoms with van der Waals surface area (Å²) in [7, 11) is 1.13. The van der Waals surface area contributed by atoms with Crippen LogP contribution in [0.15, 0.2) is 12.1 Å². The molecule has 0 aliphatic heterocycles. The average molecular weight is 259 g/mol. The SMILES string of the molecule is COC(=O)c1cc(C)c(OC(F)(F)F)c(C#N)c1. The first-order valence-electron chi connectivity index (χ1n) is 4.67. The lowest BCUT2D eigenvalue weighted by molar-refractivity contribution is -0.274. The molecule has 1 rings (SSSR count). The number of halogens is 3. The molecule has 0 spiro atoms. The second-order valence-electron chi connectivity index (χ2n) is 3.32. The summed E-state index contributed by atoms with van der Waals surface area (Å²) in [4.78, 5) is 11.2. The number of hydrogen-bond donors (Lipinski definition) is 0. The normalized spacial score (nSPS) is 10.7. The molecule has 0 saturated heterocycles. The lowest BCUT2D eigenvalue weighted by atomic mass is 10.1. The highest BCUT2D eigenvalue weighted by atomic mass is 19.4. The van der Waals surface area contributed by atoms with Gasteiger partial charge >= 0.3 is 12.3 Å². The van der Waals surface area contributed by atoms with Crippen molar-refractivity contribution < 1.29 is 27.4 Å². The zero-order chi connectivity index (χ0) is 13.9. The van der Waals surface area contributed by atoms with Gasteiger partial charge in [-0.1, -0.05) is 0 Å². The molecule has 0 radical (unpaired) electrons. The number of carbonyl (C=O) groups is 1. The lowest BCUT2D eigenvalue weighted by Gasteiger charge is -2.13. The molecule has 0 aliphatic rings. The third-order valence-electron chi connectivity index (χ3n) is 2.03. The largest absolute Gasteiger partial charge is 0.573 e. The van der Waals surface area contributed by atoms with Crippen molar-refractivity contribution in [3.05, 3.63) is 28.8 Å². The Kier molecular flexibility index (Phi) is 3.81. The maximum Gasteiger partial charge on any atom is 0.573 e. The molecule has 4 nitrogen and oxygen atoms in total. The van der Waals surface area contributed by atoms with Crippen molar-refractivity contribution in [2.75, 3.05) is 7.11 Å². The number of hydrogen-bond acceptors (Lipinski definition) is 4. The lowest BCUT2D eigenvalue weighted by Crippen LogP contribution is -2.19. The van der Waals surface area contributed by atoms with Crippen LogP contribution in [-0.2, 0) is 4.74 Å². The molecule has 1 aromatic rings. The van der Waals surface area contributed by atoms with Crippen molar-refractivity contribution in [3.8, 4) is 11.8 Å². The number of methoxy groups -OCH3 is 1. The zero-order valence-electron chi connectivity index (χ0n) is 9.46. The maximum atomic E-state index is 12.1. The quantitative estimate of drug-likeness (QED) is 0.766. The highest BCUT2D eigenvalue weighted by Gasteiger charge is 2.33. The molecule has 0 bridgehead atoms. The Morgan fingerprint density at radius 3 is 2.44 bits per heavy atom. The fraction of sp³-hybridized carbons (Fsp3) is 0.273. The van der Waals surface area contributed by atoms with E-state index in [4.69, 9.17) is 5.26 Å². The number of nitriles is 1. The average Bonchev–Trinajstić information content (AvgIpc) is 2.28. The maximum absolute atomic E-state index is 12.1. The molecule has 0 atom stereocenters. The molecule has 96 valence electrons. The van der Waals surface area contributed by atoms with Crippen molar-refractivity contribution >= 4 is 5.97 Å². The van der Waals surface area contributed by atoms with Crippen LogP contribution in [-0.4, -0.2) is 19.4 Å². The summed E-state index contributed by atoms with van der Waals surface area (Å²) in [5.41, 5.74) is -0.374. The van der Waals surface area contributed by atoms with E-state index in [-0.39, 0.29) is 16.7 Å². The van der Waals surface area contributed by atoms with Crippen LogP contribution in [0.3, 0.4) is 0 Å². The Balaban J connectivity index is 3.30. The molecule has 7 heteroatoms. The number of nitrogens with zero attached hydrogens (tertiary/aromatic N) is 1. The van der Waals surface area contributed by atoms with Gasteiger partial charge < -0.3 is 9.47 Å². The van der Waals surface area contributed by atoms with Gasteiger partial charge in [-0.15, -0.1) is 13.2 Å². The van der Waals surface area contributed by atoms with Gasteiger partial charge in [0.25, 0.3) is 0 Å². The molecule has 18 heavy (non-hydrogen) atoms. The van der Waals surface area contributed by atoms with Crippen LogP contribution < -0.4 is 4.74 Å². The van der Waals surface area contributed by atoms with E-state index in [1.165, 1.54) is 6.92 Å². The second-order valence-corrected chi connectivity index (χ2v) is 3.32. The molecule has 1 aromatic carbocycles. The van der Waals surface area contributed by atoms with Crippen molar-refractivity contribution in [3.63, 3.8) is 0 Å². The van der Waals surface area contributed by atoms with E-state index in [9.17, 15) is 18.0 Å². The van der Waals surface area contributed by atoms with Crippen LogP contribution in [0.2, 0.25) is 0 Å². The fourth-order valence-corrected chi connectivity index (χ4v) is 1.34.